The molecule has 80 valence electrons. The number of rotatable bonds is 4. The van der Waals surface area contributed by atoms with Crippen LogP contribution in [0.4, 0.5) is 5.95 Å². The van der Waals surface area contributed by atoms with Gasteiger partial charge in [0.15, 0.2) is 0 Å². The lowest BCUT2D eigenvalue weighted by atomic mass is 10.4. The molecule has 0 saturated carbocycles. The summed E-state index contributed by atoms with van der Waals surface area (Å²) >= 11 is 0. The number of nitrogens with one attached hydrogen (secondary N) is 1. The van der Waals surface area contributed by atoms with Gasteiger partial charge in [-0.05, 0) is 0 Å². The first-order valence-corrected chi connectivity index (χ1v) is 4.81. The number of anilines is 1. The predicted octanol–water partition coefficient (Wildman–Crippen LogP) is 0.203. The Balaban J connectivity index is 1.86. The molecule has 0 amide bonds. The fourth-order valence-corrected chi connectivity index (χ4v) is 1.36. The van der Waals surface area contributed by atoms with Crippen molar-refractivity contribution in [2.45, 2.75) is 6.42 Å². The molecular weight excluding hydrogens is 192 g/mol. The number of hydrogen-bond acceptors (Lipinski definition) is 4. The van der Waals surface area contributed by atoms with Gasteiger partial charge in [-0.3, -0.25) is 0 Å². The fourth-order valence-electron chi connectivity index (χ4n) is 1.36. The molecule has 15 heavy (non-hydrogen) atoms. The van der Waals surface area contributed by atoms with E-state index in [1.54, 1.807) is 12.5 Å². The van der Waals surface area contributed by atoms with E-state index in [0.717, 1.165) is 24.7 Å². The van der Waals surface area contributed by atoms with E-state index < -0.39 is 0 Å². The van der Waals surface area contributed by atoms with Crippen molar-refractivity contribution in [1.29, 1.82) is 0 Å². The zero-order valence-corrected chi connectivity index (χ0v) is 8.88. The molecule has 6 nitrogen and oxygen atoms in total. The molecule has 0 fully saturated rings. The fraction of sp³-hybridized carbons (Fsp3) is 0.444. The van der Waals surface area contributed by atoms with Gasteiger partial charge in [0.05, 0.1) is 0 Å². The minimum absolute atomic E-state index is 0.803. The molecule has 0 aromatic carbocycles. The average Bonchev–Trinajstić information content (AvgIpc) is 2.78. The van der Waals surface area contributed by atoms with Crippen LogP contribution in [0.2, 0.25) is 0 Å². The lowest BCUT2D eigenvalue weighted by Gasteiger charge is -2.04. The Hall–Kier alpha value is -1.85. The Morgan fingerprint density at radius 1 is 1.33 bits per heavy atom. The quantitative estimate of drug-likeness (QED) is 0.776. The second-order valence-corrected chi connectivity index (χ2v) is 3.40. The van der Waals surface area contributed by atoms with Crippen LogP contribution in [0.15, 0.2) is 18.7 Å². The molecule has 2 rings (SSSR count). The van der Waals surface area contributed by atoms with Gasteiger partial charge in [-0.25, -0.2) is 4.98 Å². The van der Waals surface area contributed by atoms with Gasteiger partial charge in [0.25, 0.3) is 0 Å². The van der Waals surface area contributed by atoms with Gasteiger partial charge in [-0.15, -0.1) is 10.2 Å². The van der Waals surface area contributed by atoms with Gasteiger partial charge in [0, 0.05) is 39.5 Å². The first kappa shape index (κ1) is 9.70. The van der Waals surface area contributed by atoms with Crippen LogP contribution in [-0.2, 0) is 20.5 Å². The van der Waals surface area contributed by atoms with E-state index in [-0.39, 0.29) is 0 Å². The Morgan fingerprint density at radius 3 is 2.80 bits per heavy atom. The Bertz CT molecular complexity index is 389. The van der Waals surface area contributed by atoms with Gasteiger partial charge < -0.3 is 14.5 Å². The number of hydrogen-bond donors (Lipinski definition) is 1. The summed E-state index contributed by atoms with van der Waals surface area (Å²) < 4.78 is 3.86. The third-order valence-corrected chi connectivity index (χ3v) is 2.26. The van der Waals surface area contributed by atoms with Crippen LogP contribution in [0, 0.1) is 0 Å². The zero-order valence-electron chi connectivity index (χ0n) is 8.88. The summed E-state index contributed by atoms with van der Waals surface area (Å²) in [6.45, 7) is 0.803. The lowest BCUT2D eigenvalue weighted by Crippen LogP contribution is -2.11. The van der Waals surface area contributed by atoms with E-state index in [1.807, 2.05) is 29.4 Å². The highest BCUT2D eigenvalue weighted by Crippen LogP contribution is 2.01. The van der Waals surface area contributed by atoms with Crippen LogP contribution in [0.25, 0.3) is 0 Å². The van der Waals surface area contributed by atoms with Crippen LogP contribution in [0.3, 0.4) is 0 Å². The molecule has 0 aliphatic heterocycles. The summed E-state index contributed by atoms with van der Waals surface area (Å²) in [5.74, 6) is 1.84. The molecule has 0 aliphatic rings. The second kappa shape index (κ2) is 4.12. The number of aromatic nitrogens is 5. The molecule has 0 atom stereocenters. The van der Waals surface area contributed by atoms with E-state index in [9.17, 15) is 0 Å². The maximum Gasteiger partial charge on any atom is 0.202 e. The highest BCUT2D eigenvalue weighted by Gasteiger charge is 2.01. The van der Waals surface area contributed by atoms with E-state index in [4.69, 9.17) is 0 Å². The van der Waals surface area contributed by atoms with E-state index in [2.05, 4.69) is 20.5 Å². The van der Waals surface area contributed by atoms with Gasteiger partial charge in [0.2, 0.25) is 5.95 Å². The van der Waals surface area contributed by atoms with Gasteiger partial charge in [-0.2, -0.15) is 0 Å². The van der Waals surface area contributed by atoms with Gasteiger partial charge >= 0.3 is 0 Å². The smallest absolute Gasteiger partial charge is 0.202 e. The van der Waals surface area contributed by atoms with Crippen LogP contribution < -0.4 is 5.32 Å². The highest BCUT2D eigenvalue weighted by molar-refractivity contribution is 5.25. The summed E-state index contributed by atoms with van der Waals surface area (Å²) in [5.41, 5.74) is 0. The first-order chi connectivity index (χ1) is 7.27. The predicted molar refractivity (Wildman–Crippen MR) is 56.4 cm³/mol. The zero-order chi connectivity index (χ0) is 10.7. The van der Waals surface area contributed by atoms with Crippen LogP contribution in [-0.4, -0.2) is 30.9 Å². The molecule has 0 saturated heterocycles. The molecule has 2 aromatic heterocycles. The number of imidazole rings is 1. The van der Waals surface area contributed by atoms with Crippen molar-refractivity contribution in [2.75, 3.05) is 11.9 Å². The number of nitrogens with zero attached hydrogens (tertiary/aromatic N) is 5. The van der Waals surface area contributed by atoms with Gasteiger partial charge in [-0.1, -0.05) is 0 Å². The molecule has 0 aliphatic carbocycles. The summed E-state index contributed by atoms with van der Waals surface area (Å²) in [6.07, 6.45) is 6.22. The Kier molecular flexibility index (Phi) is 2.66. The minimum Gasteiger partial charge on any atom is -0.355 e. The first-order valence-electron chi connectivity index (χ1n) is 4.81. The molecule has 2 heterocycles. The molecule has 0 unspecified atom stereocenters. The largest absolute Gasteiger partial charge is 0.355 e. The molecular formula is C9H14N6. The molecule has 6 heteroatoms. The summed E-state index contributed by atoms with van der Waals surface area (Å²) in [6, 6.07) is 0. The Labute approximate surface area is 88.0 Å². The monoisotopic (exact) mass is 206 g/mol. The average molecular weight is 206 g/mol. The molecule has 2 aromatic rings. The van der Waals surface area contributed by atoms with Gasteiger partial charge in [0.1, 0.15) is 12.2 Å². The molecule has 0 spiro atoms. The second-order valence-electron chi connectivity index (χ2n) is 3.40. The van der Waals surface area contributed by atoms with Crippen molar-refractivity contribution in [3.05, 3.63) is 24.5 Å². The topological polar surface area (TPSA) is 60.6 Å². The van der Waals surface area contributed by atoms with E-state index >= 15 is 0 Å². The third-order valence-electron chi connectivity index (χ3n) is 2.26. The van der Waals surface area contributed by atoms with Crippen molar-refractivity contribution >= 4 is 5.95 Å². The molecule has 0 radical (unpaired) electrons. The SMILES string of the molecule is Cn1cnnc1CCNc1nccn1C. The molecule has 1 N–H and O–H groups in total. The highest BCUT2D eigenvalue weighted by atomic mass is 15.2. The minimum atomic E-state index is 0.803. The normalized spacial score (nSPS) is 10.5. The van der Waals surface area contributed by atoms with Crippen LogP contribution >= 0.6 is 0 Å². The van der Waals surface area contributed by atoms with Crippen molar-refractivity contribution in [3.63, 3.8) is 0 Å². The molecule has 0 bridgehead atoms. The maximum atomic E-state index is 4.17. The van der Waals surface area contributed by atoms with E-state index in [0.29, 0.717) is 0 Å². The summed E-state index contributed by atoms with van der Waals surface area (Å²) in [7, 11) is 3.90. The standard InChI is InChI=1S/C9H14N6/c1-14-6-5-11-9(14)10-4-3-8-13-12-7-15(8)2/h5-7H,3-4H2,1-2H3,(H,10,11). The number of aryl methyl sites for hydroxylation is 2. The lowest BCUT2D eigenvalue weighted by molar-refractivity contribution is 0.781. The van der Waals surface area contributed by atoms with Crippen molar-refractivity contribution in [1.82, 2.24) is 24.3 Å². The van der Waals surface area contributed by atoms with Crippen LogP contribution in [0.5, 0.6) is 0 Å². The summed E-state index contributed by atoms with van der Waals surface area (Å²) in [4.78, 5) is 4.17. The van der Waals surface area contributed by atoms with Crippen molar-refractivity contribution in [3.8, 4) is 0 Å². The third kappa shape index (κ3) is 2.15. The van der Waals surface area contributed by atoms with Crippen LogP contribution in [0.1, 0.15) is 5.82 Å². The maximum absolute atomic E-state index is 4.17. The van der Waals surface area contributed by atoms with Crippen molar-refractivity contribution in [2.24, 2.45) is 14.1 Å². The summed E-state index contributed by atoms with van der Waals surface area (Å²) in [5, 5.41) is 11.1. The van der Waals surface area contributed by atoms with E-state index in [1.165, 1.54) is 0 Å². The van der Waals surface area contributed by atoms with Crippen molar-refractivity contribution < 1.29 is 0 Å². The Morgan fingerprint density at radius 2 is 2.20 bits per heavy atom.